The molecule has 1 aliphatic rings. The maximum Gasteiger partial charge on any atom is 0.226 e. The van der Waals surface area contributed by atoms with Gasteiger partial charge in [-0.15, -0.1) is 0 Å². The number of hydrogen-bond acceptors (Lipinski definition) is 7. The lowest BCUT2D eigenvalue weighted by Gasteiger charge is -2.34. The zero-order valence-corrected chi connectivity index (χ0v) is 15.4. The number of piperazine rings is 1. The molecule has 0 atom stereocenters. The molecule has 0 N–H and O–H groups in total. The number of hydrogen-bond donors (Lipinski definition) is 0. The van der Waals surface area contributed by atoms with Crippen molar-refractivity contribution < 1.29 is 0 Å². The van der Waals surface area contributed by atoms with E-state index in [1.54, 1.807) is 11.0 Å². The molecule has 26 heavy (non-hydrogen) atoms. The molecule has 1 fully saturated rings. The highest BCUT2D eigenvalue weighted by Gasteiger charge is 2.21. The Morgan fingerprint density at radius 2 is 1.85 bits per heavy atom. The Bertz CT molecular complexity index is 889. The third kappa shape index (κ3) is 3.17. The molecule has 4 rings (SSSR count). The number of aryl methyl sites for hydroxylation is 3. The van der Waals surface area contributed by atoms with E-state index < -0.39 is 0 Å². The zero-order chi connectivity index (χ0) is 18.1. The average Bonchev–Trinajstić information content (AvgIpc) is 3.25. The van der Waals surface area contributed by atoms with Crippen LogP contribution < -0.4 is 4.90 Å². The molecule has 1 aliphatic heterocycles. The van der Waals surface area contributed by atoms with Gasteiger partial charge in [0.1, 0.15) is 17.8 Å². The molecule has 0 saturated carbocycles. The number of nitrogens with zero attached hydrogens (tertiary/aromatic N) is 9. The maximum atomic E-state index is 4.77. The van der Waals surface area contributed by atoms with E-state index >= 15 is 0 Å². The summed E-state index contributed by atoms with van der Waals surface area (Å²) in [6.07, 6.45) is 7.25. The van der Waals surface area contributed by atoms with Crippen molar-refractivity contribution in [2.45, 2.75) is 13.5 Å². The van der Waals surface area contributed by atoms with Gasteiger partial charge in [0.2, 0.25) is 5.95 Å². The Labute approximate surface area is 152 Å². The highest BCUT2D eigenvalue weighted by atomic mass is 15.3. The van der Waals surface area contributed by atoms with Gasteiger partial charge in [0.25, 0.3) is 0 Å². The molecular formula is C17H23N9. The monoisotopic (exact) mass is 353 g/mol. The molecule has 0 aliphatic carbocycles. The van der Waals surface area contributed by atoms with Gasteiger partial charge in [-0.3, -0.25) is 4.90 Å². The summed E-state index contributed by atoms with van der Waals surface area (Å²) in [6.45, 7) is 6.58. The number of imidazole rings is 1. The molecule has 0 bridgehead atoms. The fraction of sp³-hybridized carbons (Fsp3) is 0.471. The molecule has 9 heteroatoms. The quantitative estimate of drug-likeness (QED) is 0.681. The first kappa shape index (κ1) is 16.6. The van der Waals surface area contributed by atoms with Crippen LogP contribution in [0.1, 0.15) is 11.4 Å². The average molecular weight is 353 g/mol. The molecule has 9 nitrogen and oxygen atoms in total. The summed E-state index contributed by atoms with van der Waals surface area (Å²) in [6, 6.07) is 0. The van der Waals surface area contributed by atoms with Gasteiger partial charge in [-0.05, 0) is 12.5 Å². The summed E-state index contributed by atoms with van der Waals surface area (Å²) in [5.74, 6) is 2.61. The van der Waals surface area contributed by atoms with Crippen molar-refractivity contribution in [1.82, 2.24) is 39.2 Å². The van der Waals surface area contributed by atoms with Gasteiger partial charge >= 0.3 is 0 Å². The van der Waals surface area contributed by atoms with Crippen LogP contribution in [0.3, 0.4) is 0 Å². The Morgan fingerprint density at radius 1 is 1.04 bits per heavy atom. The van der Waals surface area contributed by atoms with Gasteiger partial charge in [0, 0.05) is 58.9 Å². The predicted molar refractivity (Wildman–Crippen MR) is 97.5 cm³/mol. The Hall–Kier alpha value is -2.81. The Balaban J connectivity index is 1.46. The molecule has 1 saturated heterocycles. The molecule has 3 aromatic heterocycles. The van der Waals surface area contributed by atoms with Crippen LogP contribution in [-0.4, -0.2) is 65.4 Å². The third-order valence-corrected chi connectivity index (χ3v) is 4.82. The normalized spacial score (nSPS) is 15.6. The van der Waals surface area contributed by atoms with Gasteiger partial charge in [-0.25, -0.2) is 24.6 Å². The number of rotatable bonds is 4. The summed E-state index contributed by atoms with van der Waals surface area (Å²) in [5, 5.41) is 4.15. The molecule has 0 aromatic carbocycles. The number of aromatic nitrogens is 7. The predicted octanol–water partition coefficient (Wildman–Crippen LogP) is 0.636. The zero-order valence-electron chi connectivity index (χ0n) is 15.4. The maximum absolute atomic E-state index is 4.77. The van der Waals surface area contributed by atoms with E-state index in [-0.39, 0.29) is 0 Å². The second kappa shape index (κ2) is 6.83. The van der Waals surface area contributed by atoms with Gasteiger partial charge in [-0.1, -0.05) is 0 Å². The minimum atomic E-state index is 0.755. The van der Waals surface area contributed by atoms with Gasteiger partial charge < -0.3 is 9.47 Å². The highest BCUT2D eigenvalue weighted by Crippen LogP contribution is 2.21. The first-order valence-electron chi connectivity index (χ1n) is 8.73. The van der Waals surface area contributed by atoms with Gasteiger partial charge in [-0.2, -0.15) is 5.10 Å². The molecule has 4 heterocycles. The van der Waals surface area contributed by atoms with E-state index in [0.717, 1.165) is 61.6 Å². The molecule has 136 valence electrons. The van der Waals surface area contributed by atoms with E-state index in [9.17, 15) is 0 Å². The highest BCUT2D eigenvalue weighted by molar-refractivity contribution is 5.56. The van der Waals surface area contributed by atoms with E-state index in [2.05, 4.69) is 34.4 Å². The first-order chi connectivity index (χ1) is 12.6. The van der Waals surface area contributed by atoms with Crippen LogP contribution in [-0.2, 0) is 20.6 Å². The van der Waals surface area contributed by atoms with Gasteiger partial charge in [0.15, 0.2) is 5.82 Å². The van der Waals surface area contributed by atoms with Crippen LogP contribution in [0.2, 0.25) is 0 Å². The standard InChI is InChI=1S/C17H23N9/c1-13-10-19-17(22-15(13)16-20-12-21-24(16)3)26-8-6-25(7-9-26)11-14-18-4-5-23(14)2/h4-5,10,12H,6-9,11H2,1-3H3. The molecule has 0 spiro atoms. The van der Waals surface area contributed by atoms with E-state index in [0.29, 0.717) is 0 Å². The molecule has 0 amide bonds. The molecule has 0 radical (unpaired) electrons. The van der Waals surface area contributed by atoms with Crippen molar-refractivity contribution >= 4 is 5.95 Å². The van der Waals surface area contributed by atoms with E-state index in [4.69, 9.17) is 4.98 Å². The SMILES string of the molecule is Cc1cnc(N2CCN(Cc3nccn3C)CC2)nc1-c1ncnn1C. The van der Waals surface area contributed by atoms with E-state index in [1.165, 1.54) is 0 Å². The van der Waals surface area contributed by atoms with Crippen molar-refractivity contribution in [3.63, 3.8) is 0 Å². The van der Waals surface area contributed by atoms with Crippen molar-refractivity contribution in [3.05, 3.63) is 36.3 Å². The largest absolute Gasteiger partial charge is 0.338 e. The van der Waals surface area contributed by atoms with Crippen molar-refractivity contribution in [2.24, 2.45) is 14.1 Å². The van der Waals surface area contributed by atoms with Crippen LogP contribution in [0.15, 0.2) is 24.9 Å². The van der Waals surface area contributed by atoms with Crippen molar-refractivity contribution in [1.29, 1.82) is 0 Å². The lowest BCUT2D eigenvalue weighted by molar-refractivity contribution is 0.241. The third-order valence-electron chi connectivity index (χ3n) is 4.82. The Morgan fingerprint density at radius 3 is 2.50 bits per heavy atom. The second-order valence-corrected chi connectivity index (χ2v) is 6.63. The van der Waals surface area contributed by atoms with Crippen LogP contribution >= 0.6 is 0 Å². The molecule has 3 aromatic rings. The van der Waals surface area contributed by atoms with Crippen LogP contribution in [0.25, 0.3) is 11.5 Å². The number of anilines is 1. The van der Waals surface area contributed by atoms with E-state index in [1.807, 2.05) is 39.6 Å². The fourth-order valence-corrected chi connectivity index (χ4v) is 3.18. The topological polar surface area (TPSA) is 80.8 Å². The summed E-state index contributed by atoms with van der Waals surface area (Å²) in [7, 11) is 3.91. The van der Waals surface area contributed by atoms with Gasteiger partial charge in [0.05, 0.1) is 6.54 Å². The Kier molecular flexibility index (Phi) is 4.37. The summed E-state index contributed by atoms with van der Waals surface area (Å²) < 4.78 is 3.81. The molecule has 0 unspecified atom stereocenters. The van der Waals surface area contributed by atoms with Crippen molar-refractivity contribution in [2.75, 3.05) is 31.1 Å². The minimum Gasteiger partial charge on any atom is -0.338 e. The summed E-state index contributed by atoms with van der Waals surface area (Å²) in [4.78, 5) is 22.7. The van der Waals surface area contributed by atoms with Crippen LogP contribution in [0.5, 0.6) is 0 Å². The minimum absolute atomic E-state index is 0.755. The molecular weight excluding hydrogens is 330 g/mol. The lowest BCUT2D eigenvalue weighted by Crippen LogP contribution is -2.46. The summed E-state index contributed by atoms with van der Waals surface area (Å²) in [5.41, 5.74) is 1.84. The van der Waals surface area contributed by atoms with Crippen LogP contribution in [0.4, 0.5) is 5.95 Å². The lowest BCUT2D eigenvalue weighted by atomic mass is 10.2. The smallest absolute Gasteiger partial charge is 0.226 e. The summed E-state index contributed by atoms with van der Waals surface area (Å²) >= 11 is 0. The van der Waals surface area contributed by atoms with Crippen LogP contribution in [0, 0.1) is 6.92 Å². The fourth-order valence-electron chi connectivity index (χ4n) is 3.18. The van der Waals surface area contributed by atoms with Crippen molar-refractivity contribution in [3.8, 4) is 11.5 Å². The second-order valence-electron chi connectivity index (χ2n) is 6.63. The first-order valence-corrected chi connectivity index (χ1v) is 8.73.